The minimum atomic E-state index is -0.125. The van der Waals surface area contributed by atoms with Gasteiger partial charge in [-0.3, -0.25) is 4.79 Å². The number of aromatic nitrogens is 1. The van der Waals surface area contributed by atoms with Gasteiger partial charge in [-0.25, -0.2) is 0 Å². The smallest absolute Gasteiger partial charge is 0.155 e. The number of benzene rings is 3. The van der Waals surface area contributed by atoms with Gasteiger partial charge in [0.15, 0.2) is 5.78 Å². The van der Waals surface area contributed by atoms with E-state index in [2.05, 4.69) is 72.8 Å². The third kappa shape index (κ3) is 6.61. The number of carbonyl (C=O) groups excluding carboxylic acids is 1. The summed E-state index contributed by atoms with van der Waals surface area (Å²) in [6.45, 7) is 2.85. The van der Waals surface area contributed by atoms with Crippen LogP contribution in [0.3, 0.4) is 0 Å². The van der Waals surface area contributed by atoms with Crippen molar-refractivity contribution in [3.8, 4) is 32.8 Å². The maximum absolute atomic E-state index is 10.0. The zero-order valence-electron chi connectivity index (χ0n) is 19.4. The summed E-state index contributed by atoms with van der Waals surface area (Å²) >= 11 is 1.80. The van der Waals surface area contributed by atoms with Gasteiger partial charge in [-0.2, -0.15) is 0 Å². The first kappa shape index (κ1) is 26.2. The number of aliphatic hydroxyl groups excluding tert-OH is 1. The number of hydrogen-bond acceptors (Lipinski definition) is 4. The van der Waals surface area contributed by atoms with Gasteiger partial charge in [0.2, 0.25) is 0 Å². The predicted octanol–water partition coefficient (Wildman–Crippen LogP) is 8.13. The van der Waals surface area contributed by atoms with Crippen LogP contribution < -0.4 is 0 Å². The van der Waals surface area contributed by atoms with Crippen LogP contribution in [0, 0.1) is 6.07 Å². The summed E-state index contributed by atoms with van der Waals surface area (Å²) < 4.78 is 1.21. The van der Waals surface area contributed by atoms with E-state index in [1.165, 1.54) is 51.6 Å². The summed E-state index contributed by atoms with van der Waals surface area (Å²) in [5.74, 6) is -0.0625. The average Bonchev–Trinajstić information content (AvgIpc) is 3.30. The molecule has 2 aromatic heterocycles. The van der Waals surface area contributed by atoms with Crippen molar-refractivity contribution in [1.82, 2.24) is 4.98 Å². The fourth-order valence-corrected chi connectivity index (χ4v) is 4.83. The van der Waals surface area contributed by atoms with E-state index in [1.54, 1.807) is 11.3 Å². The SMILES string of the molecule is CC(=O)/C=C(/C)O.[Ir].[c-]1ccccc1-c1ncc(-c2ccccc2)c2cc(-c3ccccc3)sc12. The van der Waals surface area contributed by atoms with Crippen molar-refractivity contribution >= 4 is 27.2 Å². The Morgan fingerprint density at radius 3 is 2.09 bits per heavy atom. The molecule has 3 nitrogen and oxygen atoms in total. The third-order valence-corrected chi connectivity index (χ3v) is 6.27. The van der Waals surface area contributed by atoms with E-state index in [9.17, 15) is 4.79 Å². The summed E-state index contributed by atoms with van der Waals surface area (Å²) in [5, 5.41) is 9.61. The van der Waals surface area contributed by atoms with Crippen LogP contribution >= 0.6 is 11.3 Å². The van der Waals surface area contributed by atoms with E-state index < -0.39 is 0 Å². The minimum Gasteiger partial charge on any atom is -0.512 e. The molecule has 0 unspecified atom stereocenters. The van der Waals surface area contributed by atoms with Gasteiger partial charge in [0, 0.05) is 53.2 Å². The molecule has 0 amide bonds. The second-order valence-electron chi connectivity index (χ2n) is 7.78. The summed E-state index contributed by atoms with van der Waals surface area (Å²) in [5.41, 5.74) is 5.63. The van der Waals surface area contributed by atoms with Gasteiger partial charge in [0.1, 0.15) is 0 Å². The first-order valence-corrected chi connectivity index (χ1v) is 11.7. The molecule has 5 heteroatoms. The van der Waals surface area contributed by atoms with Crippen molar-refractivity contribution in [2.75, 3.05) is 0 Å². The van der Waals surface area contributed by atoms with Crippen molar-refractivity contribution in [2.45, 2.75) is 13.8 Å². The molecule has 0 spiro atoms. The van der Waals surface area contributed by atoms with Crippen LogP contribution in [0.5, 0.6) is 0 Å². The largest absolute Gasteiger partial charge is 0.512 e. The summed E-state index contributed by atoms with van der Waals surface area (Å²) in [6, 6.07) is 34.7. The number of pyridine rings is 1. The minimum absolute atomic E-state index is 0. The summed E-state index contributed by atoms with van der Waals surface area (Å²) in [7, 11) is 0. The van der Waals surface area contributed by atoms with E-state index in [4.69, 9.17) is 10.1 Å². The second-order valence-corrected chi connectivity index (χ2v) is 8.83. The first-order chi connectivity index (χ1) is 16.5. The Kier molecular flexibility index (Phi) is 9.27. The second kappa shape index (κ2) is 12.4. The van der Waals surface area contributed by atoms with Crippen molar-refractivity contribution < 1.29 is 30.0 Å². The molecular weight excluding hydrogens is 631 g/mol. The van der Waals surface area contributed by atoms with E-state index in [0.29, 0.717) is 0 Å². The molecule has 1 N–H and O–H groups in total. The quantitative estimate of drug-likeness (QED) is 0.121. The molecule has 5 aromatic rings. The van der Waals surface area contributed by atoms with Crippen LogP contribution in [0.2, 0.25) is 0 Å². The van der Waals surface area contributed by atoms with Crippen LogP contribution in [0.4, 0.5) is 0 Å². The molecule has 0 atom stereocenters. The Morgan fingerprint density at radius 1 is 0.914 bits per heavy atom. The number of aliphatic hydroxyl groups is 1. The van der Waals surface area contributed by atoms with Gasteiger partial charge in [0.25, 0.3) is 0 Å². The molecule has 0 aliphatic rings. The number of thiophene rings is 1. The zero-order valence-corrected chi connectivity index (χ0v) is 22.6. The van der Waals surface area contributed by atoms with Crippen LogP contribution in [0.15, 0.2) is 109 Å². The molecule has 0 fully saturated rings. The predicted molar refractivity (Wildman–Crippen MR) is 142 cm³/mol. The van der Waals surface area contributed by atoms with Gasteiger partial charge < -0.3 is 10.1 Å². The Morgan fingerprint density at radius 2 is 1.54 bits per heavy atom. The molecule has 3 aromatic carbocycles. The number of ketones is 1. The topological polar surface area (TPSA) is 50.2 Å². The number of nitrogens with zero attached hydrogens (tertiary/aromatic N) is 1. The van der Waals surface area contributed by atoms with Gasteiger partial charge >= 0.3 is 0 Å². The van der Waals surface area contributed by atoms with E-state index >= 15 is 0 Å². The van der Waals surface area contributed by atoms with Crippen LogP contribution in [-0.4, -0.2) is 15.9 Å². The zero-order chi connectivity index (χ0) is 23.9. The van der Waals surface area contributed by atoms with Gasteiger partial charge in [-0.1, -0.05) is 60.7 Å². The molecular formula is C30H24IrNO2S-. The molecule has 0 bridgehead atoms. The van der Waals surface area contributed by atoms with Crippen LogP contribution in [0.1, 0.15) is 13.8 Å². The van der Waals surface area contributed by atoms with E-state index in [0.717, 1.165) is 11.3 Å². The molecule has 0 aliphatic carbocycles. The van der Waals surface area contributed by atoms with Crippen molar-refractivity contribution in [3.63, 3.8) is 0 Å². The molecule has 0 aliphatic heterocycles. The van der Waals surface area contributed by atoms with Crippen molar-refractivity contribution in [3.05, 3.63) is 115 Å². The maximum Gasteiger partial charge on any atom is 0.155 e. The molecule has 0 saturated heterocycles. The Hall–Kier alpha value is -3.37. The van der Waals surface area contributed by atoms with Gasteiger partial charge in [-0.05, 0) is 36.4 Å². The summed E-state index contributed by atoms with van der Waals surface area (Å²) in [6.07, 6.45) is 3.16. The molecule has 0 saturated carbocycles. The average molecular weight is 655 g/mol. The fourth-order valence-electron chi connectivity index (χ4n) is 3.64. The molecule has 5 rings (SSSR count). The number of carbonyl (C=O) groups is 1. The molecule has 1 radical (unpaired) electrons. The van der Waals surface area contributed by atoms with Crippen molar-refractivity contribution in [1.29, 1.82) is 0 Å². The third-order valence-electron chi connectivity index (χ3n) is 5.08. The normalized spacial score (nSPS) is 10.7. The first-order valence-electron chi connectivity index (χ1n) is 10.9. The van der Waals surface area contributed by atoms with Gasteiger partial charge in [-0.15, -0.1) is 47.2 Å². The Balaban J connectivity index is 0.000000378. The summed E-state index contributed by atoms with van der Waals surface area (Å²) in [4.78, 5) is 16.1. The van der Waals surface area contributed by atoms with E-state index in [-0.39, 0.29) is 31.6 Å². The number of fused-ring (bicyclic) bond motifs is 1. The monoisotopic (exact) mass is 655 g/mol. The Bertz CT molecular complexity index is 1350. The fraction of sp³-hybridized carbons (Fsp3) is 0.0667. The van der Waals surface area contributed by atoms with E-state index in [1.807, 2.05) is 30.5 Å². The molecule has 35 heavy (non-hydrogen) atoms. The van der Waals surface area contributed by atoms with Gasteiger partial charge in [0.05, 0.1) is 5.76 Å². The van der Waals surface area contributed by atoms with Crippen molar-refractivity contribution in [2.24, 2.45) is 0 Å². The van der Waals surface area contributed by atoms with Crippen LogP contribution in [-0.2, 0) is 24.9 Å². The number of allylic oxidation sites excluding steroid dienone is 2. The maximum atomic E-state index is 10.0. The standard InChI is InChI=1S/C25H16NS.C5H8O2.Ir/c1-4-10-18(11-5-1)22-17-26-24(20-14-8-3-9-15-20)25-21(22)16-23(27-25)19-12-6-2-7-13-19;1-4(6)3-5(2)7;/h1-14,16-17H;3,6H,1-2H3;/q-1;;/b;4-3-;. The number of hydrogen-bond donors (Lipinski definition) is 1. The van der Waals surface area contributed by atoms with Crippen LogP contribution in [0.25, 0.3) is 42.9 Å². The Labute approximate surface area is 223 Å². The number of rotatable bonds is 4. The molecule has 2 heterocycles. The molecule has 177 valence electrons.